The molecule has 1 amide bonds. The molecule has 134 valence electrons. The van der Waals surface area contributed by atoms with Gasteiger partial charge in [0.2, 0.25) is 11.8 Å². The van der Waals surface area contributed by atoms with Gasteiger partial charge in [-0.25, -0.2) is 4.79 Å². The summed E-state index contributed by atoms with van der Waals surface area (Å²) in [6, 6.07) is 0. The molecule has 0 bridgehead atoms. The molecule has 0 atom stereocenters. The Kier molecular flexibility index (Phi) is 4.96. The van der Waals surface area contributed by atoms with E-state index in [0.29, 0.717) is 37.5 Å². The van der Waals surface area contributed by atoms with Crippen molar-refractivity contribution in [2.75, 3.05) is 13.1 Å². The smallest absolute Gasteiger partial charge is 0.343 e. The Bertz CT molecular complexity index is 792. The number of piperidine rings is 1. The summed E-state index contributed by atoms with van der Waals surface area (Å²) in [5.74, 6) is 1.71. The molecule has 3 rings (SSSR count). The average Bonchev–Trinajstić information content (AvgIpc) is 3.00. The van der Waals surface area contributed by atoms with Crippen LogP contribution in [0.1, 0.15) is 53.8 Å². The first-order valence-electron chi connectivity index (χ1n) is 8.58. The molecule has 1 N–H and O–H groups in total. The molecular weight excluding hydrogens is 322 g/mol. The highest BCUT2D eigenvalue weighted by atomic mass is 16.5. The Morgan fingerprint density at radius 2 is 1.96 bits per heavy atom. The summed E-state index contributed by atoms with van der Waals surface area (Å²) < 4.78 is 5.04. The molecular formula is C17H23N5O3. The zero-order valence-corrected chi connectivity index (χ0v) is 14.8. The fraction of sp³-hybridized carbons (Fsp3) is 0.588. The van der Waals surface area contributed by atoms with Gasteiger partial charge >= 0.3 is 5.69 Å². The highest BCUT2D eigenvalue weighted by Gasteiger charge is 2.26. The summed E-state index contributed by atoms with van der Waals surface area (Å²) in [6.07, 6.45) is 2.71. The van der Waals surface area contributed by atoms with Crippen LogP contribution in [0, 0.1) is 20.8 Å². The lowest BCUT2D eigenvalue weighted by Crippen LogP contribution is -2.38. The van der Waals surface area contributed by atoms with E-state index in [1.165, 1.54) is 0 Å². The lowest BCUT2D eigenvalue weighted by Gasteiger charge is -2.30. The quantitative estimate of drug-likeness (QED) is 0.898. The average molecular weight is 345 g/mol. The Morgan fingerprint density at radius 1 is 1.24 bits per heavy atom. The summed E-state index contributed by atoms with van der Waals surface area (Å²) in [5, 5.41) is 3.99. The Balaban J connectivity index is 1.54. The lowest BCUT2D eigenvalue weighted by molar-refractivity contribution is -0.132. The van der Waals surface area contributed by atoms with Crippen molar-refractivity contribution < 1.29 is 9.32 Å². The molecule has 8 heteroatoms. The molecule has 0 saturated carbocycles. The number of likely N-dealkylation sites (tertiary alicyclic amines) is 1. The number of nitrogens with zero attached hydrogens (tertiary/aromatic N) is 4. The molecule has 8 nitrogen and oxygen atoms in total. The van der Waals surface area contributed by atoms with Gasteiger partial charge in [0.25, 0.3) is 0 Å². The van der Waals surface area contributed by atoms with Gasteiger partial charge in [0.1, 0.15) is 0 Å². The van der Waals surface area contributed by atoms with Crippen molar-refractivity contribution in [2.45, 2.75) is 52.4 Å². The number of hydrogen-bond donors (Lipinski definition) is 1. The molecule has 1 fully saturated rings. The third kappa shape index (κ3) is 3.94. The standard InChI is InChI=1S/C17H23N5O3/c1-10-14(11(2)19-17(24)18-10)4-5-15(23)22-8-6-13(7-9-22)16-20-12(3)25-21-16/h13H,4-9H2,1-3H3,(H,18,19,24). The first kappa shape index (κ1) is 17.3. The number of nitrogens with one attached hydrogen (secondary N) is 1. The zero-order chi connectivity index (χ0) is 18.0. The van der Waals surface area contributed by atoms with Crippen LogP contribution in [0.3, 0.4) is 0 Å². The zero-order valence-electron chi connectivity index (χ0n) is 14.8. The minimum Gasteiger partial charge on any atom is -0.343 e. The van der Waals surface area contributed by atoms with Crippen LogP contribution < -0.4 is 5.69 Å². The van der Waals surface area contributed by atoms with Gasteiger partial charge in [-0.2, -0.15) is 9.97 Å². The predicted molar refractivity (Wildman–Crippen MR) is 90.2 cm³/mol. The van der Waals surface area contributed by atoms with E-state index in [2.05, 4.69) is 20.1 Å². The highest BCUT2D eigenvalue weighted by Crippen LogP contribution is 2.26. The van der Waals surface area contributed by atoms with Gasteiger partial charge in [-0.1, -0.05) is 5.16 Å². The predicted octanol–water partition coefficient (Wildman–Crippen LogP) is 1.42. The van der Waals surface area contributed by atoms with Crippen molar-refractivity contribution >= 4 is 5.91 Å². The van der Waals surface area contributed by atoms with Crippen molar-refractivity contribution in [2.24, 2.45) is 0 Å². The minimum atomic E-state index is -0.344. The monoisotopic (exact) mass is 345 g/mol. The maximum absolute atomic E-state index is 12.5. The van der Waals surface area contributed by atoms with Crippen LogP contribution in [0.5, 0.6) is 0 Å². The van der Waals surface area contributed by atoms with Crippen molar-refractivity contribution in [3.63, 3.8) is 0 Å². The van der Waals surface area contributed by atoms with Gasteiger partial charge in [0.15, 0.2) is 5.82 Å². The molecule has 0 aliphatic carbocycles. The number of carbonyl (C=O) groups excluding carboxylic acids is 1. The SMILES string of the molecule is Cc1nc(C2CCN(C(=O)CCc3c(C)nc(=O)[nH]c3C)CC2)no1. The molecule has 1 aliphatic rings. The molecule has 0 unspecified atom stereocenters. The second kappa shape index (κ2) is 7.16. The van der Waals surface area contributed by atoms with Gasteiger partial charge in [-0.15, -0.1) is 0 Å². The maximum atomic E-state index is 12.5. The van der Waals surface area contributed by atoms with E-state index in [1.807, 2.05) is 11.8 Å². The van der Waals surface area contributed by atoms with E-state index in [9.17, 15) is 9.59 Å². The fourth-order valence-electron chi connectivity index (χ4n) is 3.38. The third-order valence-corrected chi connectivity index (χ3v) is 4.80. The summed E-state index contributed by atoms with van der Waals surface area (Å²) in [7, 11) is 0. The molecule has 2 aromatic rings. The molecule has 1 aliphatic heterocycles. The van der Waals surface area contributed by atoms with Crippen LogP contribution >= 0.6 is 0 Å². The van der Waals surface area contributed by atoms with Gasteiger partial charge in [0.05, 0.1) is 0 Å². The van der Waals surface area contributed by atoms with Crippen molar-refractivity contribution in [1.82, 2.24) is 25.0 Å². The number of hydrogen-bond acceptors (Lipinski definition) is 6. The number of aromatic amines is 1. The number of H-pyrrole nitrogens is 1. The normalized spacial score (nSPS) is 15.6. The summed E-state index contributed by atoms with van der Waals surface area (Å²) in [6.45, 7) is 6.84. The molecule has 3 heterocycles. The van der Waals surface area contributed by atoms with Gasteiger partial charge in [0, 0.05) is 43.7 Å². The molecule has 2 aromatic heterocycles. The van der Waals surface area contributed by atoms with Crippen LogP contribution in [0.2, 0.25) is 0 Å². The van der Waals surface area contributed by atoms with E-state index >= 15 is 0 Å². The minimum absolute atomic E-state index is 0.132. The molecule has 1 saturated heterocycles. The van der Waals surface area contributed by atoms with Crippen LogP contribution in [0.15, 0.2) is 9.32 Å². The molecule has 0 radical (unpaired) electrons. The first-order chi connectivity index (χ1) is 11.9. The summed E-state index contributed by atoms with van der Waals surface area (Å²) in [4.78, 5) is 36.6. The second-order valence-corrected chi connectivity index (χ2v) is 6.56. The lowest BCUT2D eigenvalue weighted by atomic mass is 9.95. The second-order valence-electron chi connectivity index (χ2n) is 6.56. The summed E-state index contributed by atoms with van der Waals surface area (Å²) in [5.41, 5.74) is 2.09. The van der Waals surface area contributed by atoms with Gasteiger partial charge < -0.3 is 14.4 Å². The molecule has 0 spiro atoms. The van der Waals surface area contributed by atoms with E-state index in [-0.39, 0.29) is 17.5 Å². The number of amides is 1. The Hall–Kier alpha value is -2.51. The summed E-state index contributed by atoms with van der Waals surface area (Å²) >= 11 is 0. The van der Waals surface area contributed by atoms with Crippen LogP contribution in [-0.2, 0) is 11.2 Å². The number of rotatable bonds is 4. The maximum Gasteiger partial charge on any atom is 0.345 e. The van der Waals surface area contributed by atoms with Crippen molar-refractivity contribution in [3.8, 4) is 0 Å². The Morgan fingerprint density at radius 3 is 2.56 bits per heavy atom. The number of aromatic nitrogens is 4. The third-order valence-electron chi connectivity index (χ3n) is 4.80. The van der Waals surface area contributed by atoms with Crippen LogP contribution in [0.4, 0.5) is 0 Å². The molecule has 0 aromatic carbocycles. The van der Waals surface area contributed by atoms with E-state index in [1.54, 1.807) is 13.8 Å². The number of carbonyl (C=O) groups is 1. The largest absolute Gasteiger partial charge is 0.345 e. The van der Waals surface area contributed by atoms with Crippen molar-refractivity contribution in [1.29, 1.82) is 0 Å². The van der Waals surface area contributed by atoms with Crippen molar-refractivity contribution in [3.05, 3.63) is 39.2 Å². The van der Waals surface area contributed by atoms with Crippen LogP contribution in [-0.4, -0.2) is 44.0 Å². The number of aryl methyl sites for hydroxylation is 3. The fourth-order valence-corrected chi connectivity index (χ4v) is 3.38. The highest BCUT2D eigenvalue weighted by molar-refractivity contribution is 5.76. The van der Waals surface area contributed by atoms with Crippen LogP contribution in [0.25, 0.3) is 0 Å². The van der Waals surface area contributed by atoms with E-state index in [4.69, 9.17) is 4.52 Å². The first-order valence-corrected chi connectivity index (χ1v) is 8.58. The van der Waals surface area contributed by atoms with Gasteiger partial charge in [-0.3, -0.25) is 4.79 Å². The Labute approximate surface area is 145 Å². The van der Waals surface area contributed by atoms with E-state index < -0.39 is 0 Å². The topological polar surface area (TPSA) is 105 Å². The molecule has 25 heavy (non-hydrogen) atoms. The van der Waals surface area contributed by atoms with Gasteiger partial charge in [-0.05, 0) is 38.7 Å². The van der Waals surface area contributed by atoms with E-state index in [0.717, 1.165) is 29.9 Å².